The molecule has 0 radical (unpaired) electrons. The van der Waals surface area contributed by atoms with Crippen LogP contribution in [0.3, 0.4) is 0 Å². The Balaban J connectivity index is 2.93. The lowest BCUT2D eigenvalue weighted by Crippen LogP contribution is -2.49. The molecular formula is C17H30N4O7. The second-order valence-electron chi connectivity index (χ2n) is 6.74. The molecule has 1 saturated heterocycles. The summed E-state index contributed by atoms with van der Waals surface area (Å²) in [6, 6.07) is 0. The van der Waals surface area contributed by atoms with E-state index < -0.39 is 17.9 Å². The van der Waals surface area contributed by atoms with Crippen molar-refractivity contribution in [1.29, 1.82) is 0 Å². The lowest BCUT2D eigenvalue weighted by Gasteiger charge is -2.33. The van der Waals surface area contributed by atoms with Crippen LogP contribution >= 0.6 is 0 Å². The Hall–Kier alpha value is -2.24. The molecule has 1 rings (SSSR count). The van der Waals surface area contributed by atoms with Gasteiger partial charge in [-0.05, 0) is 0 Å². The lowest BCUT2D eigenvalue weighted by atomic mass is 10.3. The van der Waals surface area contributed by atoms with Gasteiger partial charge in [0.05, 0.1) is 19.6 Å². The molecule has 28 heavy (non-hydrogen) atoms. The van der Waals surface area contributed by atoms with E-state index in [2.05, 4.69) is 0 Å². The molecule has 1 fully saturated rings. The normalized spacial score (nSPS) is 18.8. The summed E-state index contributed by atoms with van der Waals surface area (Å²) in [6.45, 7) is 3.86. The summed E-state index contributed by atoms with van der Waals surface area (Å²) >= 11 is 0. The molecule has 160 valence electrons. The van der Waals surface area contributed by atoms with Crippen molar-refractivity contribution in [3.05, 3.63) is 0 Å². The van der Waals surface area contributed by atoms with E-state index in [1.165, 1.54) is 0 Å². The zero-order valence-corrected chi connectivity index (χ0v) is 16.2. The number of carbonyl (C=O) groups is 4. The van der Waals surface area contributed by atoms with E-state index >= 15 is 0 Å². The van der Waals surface area contributed by atoms with Crippen LogP contribution in [-0.2, 0) is 19.2 Å². The van der Waals surface area contributed by atoms with Crippen LogP contribution in [-0.4, -0.2) is 131 Å². The number of amides is 1. The Kier molecular flexibility index (Phi) is 10.4. The van der Waals surface area contributed by atoms with Crippen molar-refractivity contribution in [3.63, 3.8) is 0 Å². The van der Waals surface area contributed by atoms with Crippen molar-refractivity contribution in [2.45, 2.75) is 13.3 Å². The number of hydrogen-bond acceptors (Lipinski definition) is 7. The Morgan fingerprint density at radius 1 is 0.607 bits per heavy atom. The summed E-state index contributed by atoms with van der Waals surface area (Å²) in [5, 5.41) is 27.3. The van der Waals surface area contributed by atoms with Crippen molar-refractivity contribution in [1.82, 2.24) is 19.6 Å². The molecule has 11 nitrogen and oxygen atoms in total. The first-order valence-corrected chi connectivity index (χ1v) is 9.31. The minimum atomic E-state index is -0.999. The SMILES string of the molecule is CCC(=O)N1CCN(CC(=O)O)CCN(CC(=O)O)CCN(CC(=O)O)CC1. The third kappa shape index (κ3) is 9.62. The van der Waals surface area contributed by atoms with E-state index in [9.17, 15) is 19.2 Å². The molecule has 1 aliphatic rings. The first-order valence-electron chi connectivity index (χ1n) is 9.31. The van der Waals surface area contributed by atoms with E-state index in [4.69, 9.17) is 15.3 Å². The van der Waals surface area contributed by atoms with E-state index in [-0.39, 0.29) is 25.5 Å². The van der Waals surface area contributed by atoms with Crippen LogP contribution in [0.1, 0.15) is 13.3 Å². The number of aliphatic carboxylic acids is 3. The topological polar surface area (TPSA) is 142 Å². The molecule has 0 aromatic carbocycles. The zero-order chi connectivity index (χ0) is 21.1. The largest absolute Gasteiger partial charge is 0.480 e. The van der Waals surface area contributed by atoms with E-state index in [0.717, 1.165) is 0 Å². The van der Waals surface area contributed by atoms with Gasteiger partial charge >= 0.3 is 17.9 Å². The van der Waals surface area contributed by atoms with Gasteiger partial charge in [0, 0.05) is 58.8 Å². The molecule has 1 aliphatic heterocycles. The number of hydrogen-bond donors (Lipinski definition) is 3. The fourth-order valence-corrected chi connectivity index (χ4v) is 3.06. The van der Waals surface area contributed by atoms with Gasteiger partial charge in [-0.15, -0.1) is 0 Å². The molecular weight excluding hydrogens is 372 g/mol. The van der Waals surface area contributed by atoms with Gasteiger partial charge in [0.25, 0.3) is 0 Å². The summed E-state index contributed by atoms with van der Waals surface area (Å²) in [7, 11) is 0. The van der Waals surface area contributed by atoms with Crippen LogP contribution in [0.2, 0.25) is 0 Å². The predicted molar refractivity (Wildman–Crippen MR) is 99.1 cm³/mol. The fraction of sp³-hybridized carbons (Fsp3) is 0.765. The van der Waals surface area contributed by atoms with Crippen LogP contribution in [0.25, 0.3) is 0 Å². The molecule has 1 heterocycles. The van der Waals surface area contributed by atoms with Gasteiger partial charge in [-0.1, -0.05) is 6.92 Å². The number of carbonyl (C=O) groups excluding carboxylic acids is 1. The van der Waals surface area contributed by atoms with Crippen LogP contribution in [0.4, 0.5) is 0 Å². The minimum Gasteiger partial charge on any atom is -0.480 e. The van der Waals surface area contributed by atoms with Gasteiger partial charge in [0.15, 0.2) is 0 Å². The average molecular weight is 402 g/mol. The van der Waals surface area contributed by atoms with E-state index in [0.29, 0.717) is 58.8 Å². The van der Waals surface area contributed by atoms with Gasteiger partial charge in [0.1, 0.15) is 0 Å². The summed E-state index contributed by atoms with van der Waals surface area (Å²) in [6.07, 6.45) is 0.310. The van der Waals surface area contributed by atoms with Crippen molar-refractivity contribution >= 4 is 23.8 Å². The summed E-state index contributed by atoms with van der Waals surface area (Å²) < 4.78 is 0. The maximum Gasteiger partial charge on any atom is 0.317 e. The Morgan fingerprint density at radius 2 is 0.893 bits per heavy atom. The van der Waals surface area contributed by atoms with Crippen LogP contribution in [0.5, 0.6) is 0 Å². The summed E-state index contributed by atoms with van der Waals surface area (Å²) in [5.74, 6) is -3.05. The first kappa shape index (κ1) is 23.8. The minimum absolute atomic E-state index is 0.0740. The van der Waals surface area contributed by atoms with Gasteiger partial charge in [-0.3, -0.25) is 33.9 Å². The number of carboxylic acids is 3. The molecule has 0 saturated carbocycles. The Bertz CT molecular complexity index is 526. The molecule has 0 unspecified atom stereocenters. The average Bonchev–Trinajstić information content (AvgIpc) is 2.59. The lowest BCUT2D eigenvalue weighted by molar-refractivity contribution is -0.141. The highest BCUT2D eigenvalue weighted by atomic mass is 16.4. The number of carboxylic acid groups (broad SMARTS) is 3. The van der Waals surface area contributed by atoms with Gasteiger partial charge in [-0.25, -0.2) is 0 Å². The van der Waals surface area contributed by atoms with Gasteiger partial charge in [0.2, 0.25) is 5.91 Å². The monoisotopic (exact) mass is 402 g/mol. The zero-order valence-electron chi connectivity index (χ0n) is 16.2. The molecule has 0 spiro atoms. The highest BCUT2D eigenvalue weighted by molar-refractivity contribution is 5.76. The highest BCUT2D eigenvalue weighted by Gasteiger charge is 2.21. The summed E-state index contributed by atoms with van der Waals surface area (Å²) in [4.78, 5) is 52.2. The van der Waals surface area contributed by atoms with Crippen molar-refractivity contribution < 1.29 is 34.5 Å². The standard InChI is InChI=1S/C17H30N4O7/c1-2-14(22)21-9-7-19(12-16(25)26)5-3-18(11-15(23)24)4-6-20(8-10-21)13-17(27)28/h2-13H2,1H3,(H,23,24)(H,25,26)(H,27,28). The quantitative estimate of drug-likeness (QED) is 0.456. The Labute approximate surface area is 164 Å². The number of rotatable bonds is 7. The molecule has 0 aromatic rings. The van der Waals surface area contributed by atoms with Crippen LogP contribution in [0, 0.1) is 0 Å². The predicted octanol–water partition coefficient (Wildman–Crippen LogP) is -1.60. The van der Waals surface area contributed by atoms with Crippen LogP contribution < -0.4 is 0 Å². The second kappa shape index (κ2) is 12.3. The molecule has 0 aromatic heterocycles. The van der Waals surface area contributed by atoms with Gasteiger partial charge in [-0.2, -0.15) is 0 Å². The second-order valence-corrected chi connectivity index (χ2v) is 6.74. The van der Waals surface area contributed by atoms with Gasteiger partial charge < -0.3 is 20.2 Å². The summed E-state index contributed by atoms with van der Waals surface area (Å²) in [5.41, 5.74) is 0. The maximum absolute atomic E-state index is 12.2. The van der Waals surface area contributed by atoms with Crippen molar-refractivity contribution in [3.8, 4) is 0 Å². The Morgan fingerprint density at radius 3 is 1.14 bits per heavy atom. The third-order valence-corrected chi connectivity index (χ3v) is 4.57. The van der Waals surface area contributed by atoms with E-state index in [1.54, 1.807) is 26.5 Å². The fourth-order valence-electron chi connectivity index (χ4n) is 3.06. The smallest absolute Gasteiger partial charge is 0.317 e. The van der Waals surface area contributed by atoms with Crippen LogP contribution in [0.15, 0.2) is 0 Å². The van der Waals surface area contributed by atoms with Crippen molar-refractivity contribution in [2.75, 3.05) is 72.0 Å². The first-order chi connectivity index (χ1) is 13.2. The highest BCUT2D eigenvalue weighted by Crippen LogP contribution is 2.02. The molecule has 0 atom stereocenters. The van der Waals surface area contributed by atoms with E-state index in [1.807, 2.05) is 0 Å². The molecule has 0 aliphatic carbocycles. The molecule has 11 heteroatoms. The third-order valence-electron chi connectivity index (χ3n) is 4.57. The maximum atomic E-state index is 12.2. The van der Waals surface area contributed by atoms with Crippen molar-refractivity contribution in [2.24, 2.45) is 0 Å². The molecule has 1 amide bonds. The number of nitrogens with zero attached hydrogens (tertiary/aromatic N) is 4. The molecule has 3 N–H and O–H groups in total. The molecule has 0 bridgehead atoms.